The summed E-state index contributed by atoms with van der Waals surface area (Å²) in [6.45, 7) is 6.35. The summed E-state index contributed by atoms with van der Waals surface area (Å²) in [6.07, 6.45) is 1.85. The molecule has 0 amide bonds. The van der Waals surface area contributed by atoms with E-state index in [1.165, 1.54) is 16.7 Å². The number of halogens is 2. The minimum atomic E-state index is 0.0859. The molecule has 0 bridgehead atoms. The number of hydrogen-bond donors (Lipinski definition) is 1. The molecule has 0 spiro atoms. The first-order chi connectivity index (χ1) is 13.5. The Kier molecular flexibility index (Phi) is 5.05. The summed E-state index contributed by atoms with van der Waals surface area (Å²) in [7, 11) is 0. The van der Waals surface area contributed by atoms with Crippen molar-refractivity contribution in [3.8, 4) is 0 Å². The first-order valence-corrected chi connectivity index (χ1v) is 9.96. The van der Waals surface area contributed by atoms with E-state index >= 15 is 0 Å². The quantitative estimate of drug-likeness (QED) is 0.387. The Hall–Kier alpha value is -2.49. The summed E-state index contributed by atoms with van der Waals surface area (Å²) in [5, 5.41) is 4.72. The third kappa shape index (κ3) is 3.36. The Balaban J connectivity index is 1.94. The molecule has 4 aromatic rings. The molecule has 2 aromatic carbocycles. The highest BCUT2D eigenvalue weighted by atomic mass is 35.5. The van der Waals surface area contributed by atoms with Crippen molar-refractivity contribution >= 4 is 40.4 Å². The Morgan fingerprint density at radius 3 is 2.32 bits per heavy atom. The van der Waals surface area contributed by atoms with Gasteiger partial charge in [0.2, 0.25) is 0 Å². The fraction of sp³-hybridized carbons (Fsp3) is 0.174. The van der Waals surface area contributed by atoms with Crippen LogP contribution in [0.3, 0.4) is 0 Å². The number of para-hydroxylation sites is 1. The van der Waals surface area contributed by atoms with Crippen LogP contribution < -0.4 is 5.32 Å². The Bertz CT molecular complexity index is 1130. The minimum Gasteiger partial charge on any atom is -0.339 e. The van der Waals surface area contributed by atoms with Gasteiger partial charge in [0.15, 0.2) is 5.65 Å². The van der Waals surface area contributed by atoms with Crippen LogP contribution in [0.25, 0.3) is 5.65 Å². The lowest BCUT2D eigenvalue weighted by atomic mass is 9.97. The van der Waals surface area contributed by atoms with Gasteiger partial charge in [-0.2, -0.15) is 0 Å². The van der Waals surface area contributed by atoms with E-state index in [-0.39, 0.29) is 5.92 Å². The number of nitrogens with one attached hydrogen (secondary N) is 1. The van der Waals surface area contributed by atoms with E-state index in [0.717, 1.165) is 17.2 Å². The maximum atomic E-state index is 6.47. The van der Waals surface area contributed by atoms with Gasteiger partial charge in [0.1, 0.15) is 5.82 Å². The Morgan fingerprint density at radius 1 is 0.964 bits per heavy atom. The number of fused-ring (bicyclic) bond motifs is 1. The lowest BCUT2D eigenvalue weighted by Crippen LogP contribution is -2.05. The van der Waals surface area contributed by atoms with Crippen molar-refractivity contribution in [2.45, 2.75) is 26.7 Å². The van der Waals surface area contributed by atoms with Gasteiger partial charge >= 0.3 is 0 Å². The van der Waals surface area contributed by atoms with Crippen LogP contribution >= 0.6 is 23.2 Å². The number of nitrogens with zero attached hydrogens (tertiary/aromatic N) is 2. The fourth-order valence-electron chi connectivity index (χ4n) is 3.55. The molecular formula is C23H21Cl2N3. The summed E-state index contributed by atoms with van der Waals surface area (Å²) in [6, 6.07) is 18.3. The third-order valence-electron chi connectivity index (χ3n) is 5.10. The van der Waals surface area contributed by atoms with Gasteiger partial charge < -0.3 is 5.32 Å². The van der Waals surface area contributed by atoms with Crippen LogP contribution in [0.15, 0.2) is 60.8 Å². The van der Waals surface area contributed by atoms with Crippen LogP contribution in [0.2, 0.25) is 10.0 Å². The van der Waals surface area contributed by atoms with Gasteiger partial charge in [-0.25, -0.2) is 4.98 Å². The van der Waals surface area contributed by atoms with Gasteiger partial charge in [0.25, 0.3) is 0 Å². The smallest absolute Gasteiger partial charge is 0.157 e. The van der Waals surface area contributed by atoms with Gasteiger partial charge in [-0.1, -0.05) is 78.7 Å². The molecule has 28 heavy (non-hydrogen) atoms. The number of imidazole rings is 1. The molecule has 0 aliphatic rings. The van der Waals surface area contributed by atoms with Crippen LogP contribution in [-0.2, 0) is 0 Å². The van der Waals surface area contributed by atoms with Crippen molar-refractivity contribution in [1.29, 1.82) is 0 Å². The molecule has 0 saturated heterocycles. The van der Waals surface area contributed by atoms with E-state index in [4.69, 9.17) is 28.2 Å². The number of anilines is 2. The molecule has 0 fully saturated rings. The van der Waals surface area contributed by atoms with Crippen LogP contribution in [-0.4, -0.2) is 9.38 Å². The molecule has 2 aromatic heterocycles. The highest BCUT2D eigenvalue weighted by Crippen LogP contribution is 2.36. The summed E-state index contributed by atoms with van der Waals surface area (Å²) in [5.41, 5.74) is 6.22. The fourth-order valence-corrected chi connectivity index (χ4v) is 4.06. The number of hydrogen-bond acceptors (Lipinski definition) is 2. The third-order valence-corrected chi connectivity index (χ3v) is 5.59. The Labute approximate surface area is 174 Å². The number of aromatic nitrogens is 2. The molecule has 0 aliphatic carbocycles. The van der Waals surface area contributed by atoms with Crippen LogP contribution in [0.1, 0.15) is 35.2 Å². The molecule has 3 nitrogen and oxygen atoms in total. The largest absolute Gasteiger partial charge is 0.339 e. The molecule has 142 valence electrons. The van der Waals surface area contributed by atoms with E-state index in [2.05, 4.69) is 56.4 Å². The molecule has 0 saturated carbocycles. The van der Waals surface area contributed by atoms with Crippen molar-refractivity contribution in [3.05, 3.63) is 93.2 Å². The van der Waals surface area contributed by atoms with E-state index in [1.807, 2.05) is 28.8 Å². The topological polar surface area (TPSA) is 29.3 Å². The lowest BCUT2D eigenvalue weighted by molar-refractivity contribution is 0.888. The van der Waals surface area contributed by atoms with Crippen LogP contribution in [0.4, 0.5) is 11.5 Å². The zero-order valence-corrected chi connectivity index (χ0v) is 17.5. The normalized spacial score (nSPS) is 12.3. The van der Waals surface area contributed by atoms with E-state index in [1.54, 1.807) is 6.07 Å². The second kappa shape index (κ2) is 7.50. The van der Waals surface area contributed by atoms with Crippen molar-refractivity contribution in [2.75, 3.05) is 5.32 Å². The number of aryl methyl sites for hydroxylation is 2. The second-order valence-electron chi connectivity index (χ2n) is 7.07. The van der Waals surface area contributed by atoms with Gasteiger partial charge in [-0.05, 0) is 36.6 Å². The van der Waals surface area contributed by atoms with Gasteiger partial charge in [0, 0.05) is 17.8 Å². The highest BCUT2D eigenvalue weighted by molar-refractivity contribution is 6.36. The maximum Gasteiger partial charge on any atom is 0.157 e. The predicted octanol–water partition coefficient (Wildman–Crippen LogP) is 7.15. The first-order valence-electron chi connectivity index (χ1n) is 9.21. The molecule has 2 heterocycles. The molecule has 0 unspecified atom stereocenters. The molecule has 0 radical (unpaired) electrons. The van der Waals surface area contributed by atoms with E-state index in [0.29, 0.717) is 15.7 Å². The van der Waals surface area contributed by atoms with E-state index < -0.39 is 0 Å². The number of benzene rings is 2. The van der Waals surface area contributed by atoms with Crippen molar-refractivity contribution in [3.63, 3.8) is 0 Å². The average Bonchev–Trinajstić information content (AvgIpc) is 3.03. The second-order valence-corrected chi connectivity index (χ2v) is 7.91. The maximum absolute atomic E-state index is 6.47. The zero-order valence-electron chi connectivity index (χ0n) is 16.0. The number of pyridine rings is 1. The first kappa shape index (κ1) is 18.9. The van der Waals surface area contributed by atoms with Gasteiger partial charge in [-0.15, -0.1) is 0 Å². The molecule has 1 atom stereocenters. The lowest BCUT2D eigenvalue weighted by Gasteiger charge is -2.17. The molecule has 0 aliphatic heterocycles. The molecule has 1 N–H and O–H groups in total. The van der Waals surface area contributed by atoms with Crippen molar-refractivity contribution in [2.24, 2.45) is 0 Å². The average molecular weight is 410 g/mol. The molecular weight excluding hydrogens is 389 g/mol. The standard InChI is InChI=1S/C23H21Cl2N3/c1-14-8-7-9-15(2)20(14)26-23-21(16(3)17-10-5-4-6-11-17)27-22-19(25)12-18(24)13-28(22)23/h4-13,16,26H,1-3H3/t16-/m0/s1. The van der Waals surface area contributed by atoms with Crippen molar-refractivity contribution in [1.82, 2.24) is 9.38 Å². The molecule has 4 rings (SSSR count). The summed E-state index contributed by atoms with van der Waals surface area (Å²) in [4.78, 5) is 4.89. The number of rotatable bonds is 4. The van der Waals surface area contributed by atoms with Crippen molar-refractivity contribution < 1.29 is 0 Å². The summed E-state index contributed by atoms with van der Waals surface area (Å²) >= 11 is 12.8. The van der Waals surface area contributed by atoms with Gasteiger partial charge in [0.05, 0.1) is 15.7 Å². The predicted molar refractivity (Wildman–Crippen MR) is 118 cm³/mol. The minimum absolute atomic E-state index is 0.0859. The SMILES string of the molecule is Cc1cccc(C)c1Nc1c([C@@H](C)c2ccccc2)nc2c(Cl)cc(Cl)cn12. The summed E-state index contributed by atoms with van der Waals surface area (Å²) in [5.74, 6) is 0.968. The van der Waals surface area contributed by atoms with Crippen LogP contribution in [0, 0.1) is 13.8 Å². The Morgan fingerprint density at radius 2 is 1.64 bits per heavy atom. The van der Waals surface area contributed by atoms with Crippen LogP contribution in [0.5, 0.6) is 0 Å². The van der Waals surface area contributed by atoms with Gasteiger partial charge in [-0.3, -0.25) is 4.40 Å². The molecule has 5 heteroatoms. The monoisotopic (exact) mass is 409 g/mol. The summed E-state index contributed by atoms with van der Waals surface area (Å²) < 4.78 is 1.95. The zero-order chi connectivity index (χ0) is 19.8. The highest BCUT2D eigenvalue weighted by Gasteiger charge is 2.22. The van der Waals surface area contributed by atoms with E-state index in [9.17, 15) is 0 Å².